The monoisotopic (exact) mass is 432 g/mol. The third kappa shape index (κ3) is 5.49. The predicted octanol–water partition coefficient (Wildman–Crippen LogP) is 5.99. The van der Waals surface area contributed by atoms with E-state index >= 15 is 0 Å². The summed E-state index contributed by atoms with van der Waals surface area (Å²) in [6, 6.07) is 19.2. The van der Waals surface area contributed by atoms with Gasteiger partial charge in [-0.3, -0.25) is 4.79 Å². The maximum Gasteiger partial charge on any atom is 0.271 e. The average Bonchev–Trinajstić information content (AvgIpc) is 2.69. The molecular weight excluding hydrogens is 419 g/mol. The molecule has 3 aromatic rings. The van der Waals surface area contributed by atoms with Gasteiger partial charge in [0.05, 0.1) is 11.2 Å². The normalized spacial score (nSPS) is 10.8. The zero-order valence-electron chi connectivity index (χ0n) is 14.5. The van der Waals surface area contributed by atoms with E-state index in [1.54, 1.807) is 48.5 Å². The van der Waals surface area contributed by atoms with Crippen LogP contribution in [-0.4, -0.2) is 12.1 Å². The number of nitrogens with one attached hydrogen (secondary N) is 1. The van der Waals surface area contributed by atoms with Crippen molar-refractivity contribution in [2.24, 2.45) is 5.10 Å². The third-order valence-corrected chi connectivity index (χ3v) is 4.70. The molecule has 0 radical (unpaired) electrons. The van der Waals surface area contributed by atoms with E-state index in [0.29, 0.717) is 38.6 Å². The van der Waals surface area contributed by atoms with Gasteiger partial charge in [-0.1, -0.05) is 53.0 Å². The van der Waals surface area contributed by atoms with Crippen molar-refractivity contribution in [1.29, 1.82) is 0 Å². The first kappa shape index (κ1) is 20.2. The van der Waals surface area contributed by atoms with Gasteiger partial charge in [0.2, 0.25) is 0 Å². The number of hydrazone groups is 1. The lowest BCUT2D eigenvalue weighted by Gasteiger charge is -2.09. The lowest BCUT2D eigenvalue weighted by atomic mass is 10.2. The minimum Gasteiger partial charge on any atom is -0.487 e. The highest BCUT2D eigenvalue weighted by Gasteiger charge is 2.06. The van der Waals surface area contributed by atoms with Crippen molar-refractivity contribution in [3.8, 4) is 5.75 Å². The number of benzene rings is 3. The highest BCUT2D eigenvalue weighted by molar-refractivity contribution is 6.32. The molecule has 0 heterocycles. The molecule has 4 nitrogen and oxygen atoms in total. The molecule has 0 unspecified atom stereocenters. The van der Waals surface area contributed by atoms with E-state index in [2.05, 4.69) is 10.5 Å². The Bertz CT molecular complexity index is 1000. The number of rotatable bonds is 6. The molecule has 0 saturated carbocycles. The van der Waals surface area contributed by atoms with Crippen LogP contribution in [-0.2, 0) is 6.61 Å². The standard InChI is InChI=1S/C21H15Cl3N2O2/c22-17-8-6-15(7-9-17)21(27)26-25-12-14-5-10-20(19(24)11-14)28-13-16-3-1-2-4-18(16)23/h1-12H,13H2,(H,26,27)/b25-12-. The van der Waals surface area contributed by atoms with Crippen LogP contribution in [0.15, 0.2) is 71.8 Å². The third-order valence-electron chi connectivity index (χ3n) is 3.78. The van der Waals surface area contributed by atoms with Crippen molar-refractivity contribution in [2.75, 3.05) is 0 Å². The molecular formula is C21H15Cl3N2O2. The molecule has 1 amide bonds. The van der Waals surface area contributed by atoms with E-state index < -0.39 is 0 Å². The Balaban J connectivity index is 1.59. The highest BCUT2D eigenvalue weighted by atomic mass is 35.5. The molecule has 3 aromatic carbocycles. The zero-order valence-corrected chi connectivity index (χ0v) is 16.8. The van der Waals surface area contributed by atoms with Gasteiger partial charge in [-0.05, 0) is 54.1 Å². The first-order valence-corrected chi connectivity index (χ1v) is 9.41. The van der Waals surface area contributed by atoms with Crippen LogP contribution < -0.4 is 10.2 Å². The number of nitrogens with zero attached hydrogens (tertiary/aromatic N) is 1. The molecule has 0 spiro atoms. The number of ether oxygens (including phenoxy) is 1. The van der Waals surface area contributed by atoms with Crippen molar-refractivity contribution in [3.05, 3.63) is 98.5 Å². The van der Waals surface area contributed by atoms with Gasteiger partial charge >= 0.3 is 0 Å². The van der Waals surface area contributed by atoms with Crippen LogP contribution in [0.25, 0.3) is 0 Å². The summed E-state index contributed by atoms with van der Waals surface area (Å²) in [4.78, 5) is 12.0. The Kier molecular flexibility index (Phi) is 6.93. The molecule has 0 aliphatic carbocycles. The minimum atomic E-state index is -0.335. The van der Waals surface area contributed by atoms with Crippen molar-refractivity contribution in [1.82, 2.24) is 5.43 Å². The lowest BCUT2D eigenvalue weighted by molar-refractivity contribution is 0.0955. The topological polar surface area (TPSA) is 50.7 Å². The van der Waals surface area contributed by atoms with E-state index in [1.165, 1.54) is 6.21 Å². The Morgan fingerprint density at radius 1 is 0.964 bits per heavy atom. The number of amides is 1. The second-order valence-electron chi connectivity index (χ2n) is 5.78. The molecule has 0 aliphatic rings. The van der Waals surface area contributed by atoms with Crippen molar-refractivity contribution < 1.29 is 9.53 Å². The summed E-state index contributed by atoms with van der Waals surface area (Å²) in [6.45, 7) is 0.310. The second kappa shape index (κ2) is 9.60. The van der Waals surface area contributed by atoms with Crippen LogP contribution in [0.4, 0.5) is 0 Å². The fourth-order valence-electron chi connectivity index (χ4n) is 2.32. The van der Waals surface area contributed by atoms with E-state index in [9.17, 15) is 4.79 Å². The summed E-state index contributed by atoms with van der Waals surface area (Å²) < 4.78 is 5.73. The molecule has 0 aliphatic heterocycles. The van der Waals surface area contributed by atoms with E-state index in [0.717, 1.165) is 5.56 Å². The molecule has 0 bridgehead atoms. The van der Waals surface area contributed by atoms with Crippen molar-refractivity contribution >= 4 is 46.9 Å². The fraction of sp³-hybridized carbons (Fsp3) is 0.0476. The van der Waals surface area contributed by atoms with Gasteiger partial charge in [0.15, 0.2) is 0 Å². The summed E-state index contributed by atoms with van der Waals surface area (Å²) in [6.07, 6.45) is 1.50. The maximum absolute atomic E-state index is 12.0. The van der Waals surface area contributed by atoms with Crippen LogP contribution in [0.3, 0.4) is 0 Å². The molecule has 3 rings (SSSR count). The number of carbonyl (C=O) groups excluding carboxylic acids is 1. The predicted molar refractivity (Wildman–Crippen MR) is 114 cm³/mol. The van der Waals surface area contributed by atoms with Gasteiger partial charge in [0.25, 0.3) is 5.91 Å². The van der Waals surface area contributed by atoms with Gasteiger partial charge < -0.3 is 4.74 Å². The largest absolute Gasteiger partial charge is 0.487 e. The highest BCUT2D eigenvalue weighted by Crippen LogP contribution is 2.27. The van der Waals surface area contributed by atoms with Gasteiger partial charge in [0, 0.05) is 21.2 Å². The van der Waals surface area contributed by atoms with Gasteiger partial charge in [-0.25, -0.2) is 5.43 Å². The Labute approximate surface area is 177 Å². The Morgan fingerprint density at radius 3 is 2.43 bits per heavy atom. The summed E-state index contributed by atoms with van der Waals surface area (Å²) >= 11 is 18.2. The molecule has 7 heteroatoms. The van der Waals surface area contributed by atoms with Crippen LogP contribution >= 0.6 is 34.8 Å². The molecule has 28 heavy (non-hydrogen) atoms. The molecule has 1 N–H and O–H groups in total. The molecule has 0 saturated heterocycles. The van der Waals surface area contributed by atoms with E-state index in [1.807, 2.05) is 18.2 Å². The van der Waals surface area contributed by atoms with Crippen LogP contribution in [0.2, 0.25) is 15.1 Å². The smallest absolute Gasteiger partial charge is 0.271 e. The van der Waals surface area contributed by atoms with Crippen LogP contribution in [0.5, 0.6) is 5.75 Å². The SMILES string of the molecule is O=C(N/N=C\c1ccc(OCc2ccccc2Cl)c(Cl)c1)c1ccc(Cl)cc1. The second-order valence-corrected chi connectivity index (χ2v) is 7.03. The quantitative estimate of drug-likeness (QED) is 0.383. The number of halogens is 3. The zero-order chi connectivity index (χ0) is 19.9. The van der Waals surface area contributed by atoms with Gasteiger partial charge in [0.1, 0.15) is 12.4 Å². The molecule has 0 fully saturated rings. The molecule has 0 aromatic heterocycles. The van der Waals surface area contributed by atoms with Crippen LogP contribution in [0, 0.1) is 0 Å². The summed E-state index contributed by atoms with van der Waals surface area (Å²) in [5, 5.41) is 5.57. The fourth-order valence-corrected chi connectivity index (χ4v) is 2.88. The first-order chi connectivity index (χ1) is 13.5. The van der Waals surface area contributed by atoms with Gasteiger partial charge in [-0.2, -0.15) is 5.10 Å². The first-order valence-electron chi connectivity index (χ1n) is 8.27. The van der Waals surface area contributed by atoms with Crippen LogP contribution in [0.1, 0.15) is 21.5 Å². The number of carbonyl (C=O) groups is 1. The summed E-state index contributed by atoms with van der Waals surface area (Å²) in [5.41, 5.74) is 4.50. The summed E-state index contributed by atoms with van der Waals surface area (Å²) in [7, 11) is 0. The van der Waals surface area contributed by atoms with Crippen molar-refractivity contribution in [3.63, 3.8) is 0 Å². The average molecular weight is 434 g/mol. The molecule has 0 atom stereocenters. The lowest BCUT2D eigenvalue weighted by Crippen LogP contribution is -2.17. The van der Waals surface area contributed by atoms with Gasteiger partial charge in [-0.15, -0.1) is 0 Å². The number of hydrogen-bond donors (Lipinski definition) is 1. The Hall–Kier alpha value is -2.53. The Morgan fingerprint density at radius 2 is 1.71 bits per heavy atom. The summed E-state index contributed by atoms with van der Waals surface area (Å²) in [5.74, 6) is 0.197. The van der Waals surface area contributed by atoms with E-state index in [-0.39, 0.29) is 5.91 Å². The maximum atomic E-state index is 12.0. The molecule has 142 valence electrons. The van der Waals surface area contributed by atoms with E-state index in [4.69, 9.17) is 39.5 Å². The van der Waals surface area contributed by atoms with Crippen molar-refractivity contribution in [2.45, 2.75) is 6.61 Å². The minimum absolute atomic E-state index is 0.310. The number of hydrogen-bond acceptors (Lipinski definition) is 3.